The van der Waals surface area contributed by atoms with Crippen molar-refractivity contribution in [1.82, 2.24) is 4.90 Å². The van der Waals surface area contributed by atoms with Gasteiger partial charge in [-0.3, -0.25) is 0 Å². The maximum Gasteiger partial charge on any atom is 0.126 e. The lowest BCUT2D eigenvalue weighted by atomic mass is 10.3. The first-order chi connectivity index (χ1) is 6.58. The Morgan fingerprint density at radius 2 is 2.07 bits per heavy atom. The first-order valence-corrected chi connectivity index (χ1v) is 5.50. The molecule has 1 aromatic rings. The zero-order valence-electron chi connectivity index (χ0n) is 8.35. The summed E-state index contributed by atoms with van der Waals surface area (Å²) in [5.74, 6) is -0.191. The molecule has 0 amide bonds. The van der Waals surface area contributed by atoms with Crippen LogP contribution in [0.2, 0.25) is 0 Å². The van der Waals surface area contributed by atoms with E-state index in [0.29, 0.717) is 0 Å². The van der Waals surface area contributed by atoms with Crippen LogP contribution in [-0.4, -0.2) is 32.1 Å². The molecule has 0 bridgehead atoms. The van der Waals surface area contributed by atoms with Crippen molar-refractivity contribution in [2.24, 2.45) is 0 Å². The Kier molecular flexibility index (Phi) is 4.60. The Morgan fingerprint density at radius 3 is 2.64 bits per heavy atom. The highest BCUT2D eigenvalue weighted by atomic mass is 127. The molecule has 0 saturated heterocycles. The van der Waals surface area contributed by atoms with Gasteiger partial charge in [-0.1, -0.05) is 0 Å². The Hall–Kier alpha value is -0.360. The Bertz CT molecular complexity index is 282. The van der Waals surface area contributed by atoms with Crippen LogP contribution in [0.25, 0.3) is 0 Å². The van der Waals surface area contributed by atoms with Crippen LogP contribution in [0.15, 0.2) is 18.2 Å². The molecule has 14 heavy (non-hydrogen) atoms. The van der Waals surface area contributed by atoms with E-state index in [4.69, 9.17) is 0 Å². The molecule has 0 aliphatic carbocycles. The normalized spacial score (nSPS) is 10.6. The molecule has 0 aliphatic rings. The average molecular weight is 308 g/mol. The highest BCUT2D eigenvalue weighted by Gasteiger charge is 1.98. The fourth-order valence-electron chi connectivity index (χ4n) is 1.08. The second kappa shape index (κ2) is 5.50. The molecular formula is C10H14FIN2. The number of nitrogens with zero attached hydrogens (tertiary/aromatic N) is 1. The summed E-state index contributed by atoms with van der Waals surface area (Å²) in [4.78, 5) is 2.08. The first-order valence-electron chi connectivity index (χ1n) is 4.42. The minimum Gasteiger partial charge on any atom is -0.384 e. The Balaban J connectivity index is 2.50. The van der Waals surface area contributed by atoms with Gasteiger partial charge in [-0.05, 0) is 54.9 Å². The summed E-state index contributed by atoms with van der Waals surface area (Å²) in [6.45, 7) is 1.76. The summed E-state index contributed by atoms with van der Waals surface area (Å²) in [6, 6.07) is 4.95. The molecule has 0 atom stereocenters. The third-order valence-corrected chi connectivity index (χ3v) is 2.37. The quantitative estimate of drug-likeness (QED) is 0.859. The lowest BCUT2D eigenvalue weighted by Crippen LogP contribution is -2.20. The fraction of sp³-hybridized carbons (Fsp3) is 0.400. The highest BCUT2D eigenvalue weighted by molar-refractivity contribution is 14.1. The molecule has 1 aromatic carbocycles. The van der Waals surface area contributed by atoms with Crippen LogP contribution in [-0.2, 0) is 0 Å². The lowest BCUT2D eigenvalue weighted by molar-refractivity contribution is 0.425. The van der Waals surface area contributed by atoms with Crippen molar-refractivity contribution < 1.29 is 4.39 Å². The maximum atomic E-state index is 13.0. The highest BCUT2D eigenvalue weighted by Crippen LogP contribution is 2.15. The average Bonchev–Trinajstić information content (AvgIpc) is 2.01. The minimum atomic E-state index is -0.191. The van der Waals surface area contributed by atoms with Crippen LogP contribution >= 0.6 is 22.6 Å². The van der Waals surface area contributed by atoms with Gasteiger partial charge in [0.2, 0.25) is 0 Å². The predicted octanol–water partition coefficient (Wildman–Crippen LogP) is 2.40. The largest absolute Gasteiger partial charge is 0.384 e. The molecule has 0 radical (unpaired) electrons. The van der Waals surface area contributed by atoms with Crippen molar-refractivity contribution >= 4 is 28.3 Å². The second-order valence-electron chi connectivity index (χ2n) is 3.39. The summed E-state index contributed by atoms with van der Waals surface area (Å²) in [7, 11) is 4.02. The zero-order chi connectivity index (χ0) is 10.6. The van der Waals surface area contributed by atoms with E-state index in [9.17, 15) is 4.39 Å². The molecule has 0 fully saturated rings. The third kappa shape index (κ3) is 4.23. The standard InChI is InChI=1S/C10H14FIN2/c1-14(2)4-3-13-10-6-8(11)5-9(12)7-10/h5-7,13H,3-4H2,1-2H3. The molecule has 0 aliphatic heterocycles. The van der Waals surface area contributed by atoms with E-state index in [1.165, 1.54) is 12.1 Å². The number of benzene rings is 1. The van der Waals surface area contributed by atoms with Crippen molar-refractivity contribution in [3.63, 3.8) is 0 Å². The number of hydrogen-bond acceptors (Lipinski definition) is 2. The van der Waals surface area contributed by atoms with Crippen LogP contribution in [0.5, 0.6) is 0 Å². The van der Waals surface area contributed by atoms with Crippen LogP contribution in [0, 0.1) is 9.39 Å². The van der Waals surface area contributed by atoms with Crippen LogP contribution in [0.1, 0.15) is 0 Å². The number of likely N-dealkylation sites (N-methyl/N-ethyl adjacent to an activating group) is 1. The molecule has 1 N–H and O–H groups in total. The van der Waals surface area contributed by atoms with Crippen molar-refractivity contribution in [2.75, 3.05) is 32.5 Å². The predicted molar refractivity (Wildman–Crippen MR) is 66.2 cm³/mol. The second-order valence-corrected chi connectivity index (χ2v) is 4.63. The van der Waals surface area contributed by atoms with Crippen LogP contribution in [0.4, 0.5) is 10.1 Å². The van der Waals surface area contributed by atoms with Crippen molar-refractivity contribution in [1.29, 1.82) is 0 Å². The van der Waals surface area contributed by atoms with Gasteiger partial charge in [0.25, 0.3) is 0 Å². The third-order valence-electron chi connectivity index (χ3n) is 1.75. The summed E-state index contributed by atoms with van der Waals surface area (Å²) < 4.78 is 13.9. The van der Waals surface area contributed by atoms with Crippen LogP contribution < -0.4 is 5.32 Å². The number of hydrogen-bond donors (Lipinski definition) is 1. The number of anilines is 1. The van der Waals surface area contributed by atoms with Gasteiger partial charge in [-0.15, -0.1) is 0 Å². The van der Waals surface area contributed by atoms with Crippen LogP contribution in [0.3, 0.4) is 0 Å². The Labute approximate surface area is 97.6 Å². The van der Waals surface area contributed by atoms with Gasteiger partial charge >= 0.3 is 0 Å². The number of rotatable bonds is 4. The van der Waals surface area contributed by atoms with Gasteiger partial charge in [0.1, 0.15) is 5.82 Å². The number of halogens is 2. The van der Waals surface area contributed by atoms with Crippen molar-refractivity contribution in [3.05, 3.63) is 27.6 Å². The molecule has 1 rings (SSSR count). The molecular weight excluding hydrogens is 294 g/mol. The van der Waals surface area contributed by atoms with Gasteiger partial charge in [0.15, 0.2) is 0 Å². The molecule has 0 unspecified atom stereocenters. The van der Waals surface area contributed by atoms with Crippen molar-refractivity contribution in [2.45, 2.75) is 0 Å². The smallest absolute Gasteiger partial charge is 0.126 e. The van der Waals surface area contributed by atoms with Gasteiger partial charge in [0, 0.05) is 22.3 Å². The maximum absolute atomic E-state index is 13.0. The molecule has 4 heteroatoms. The van der Waals surface area contributed by atoms with E-state index >= 15 is 0 Å². The van der Waals surface area contributed by atoms with E-state index in [2.05, 4.69) is 32.8 Å². The topological polar surface area (TPSA) is 15.3 Å². The minimum absolute atomic E-state index is 0.191. The lowest BCUT2D eigenvalue weighted by Gasteiger charge is -2.11. The monoisotopic (exact) mass is 308 g/mol. The Morgan fingerprint density at radius 1 is 1.36 bits per heavy atom. The zero-order valence-corrected chi connectivity index (χ0v) is 10.5. The van der Waals surface area contributed by atoms with Gasteiger partial charge in [0.05, 0.1) is 0 Å². The van der Waals surface area contributed by atoms with Crippen molar-refractivity contribution in [3.8, 4) is 0 Å². The molecule has 0 heterocycles. The number of nitrogens with one attached hydrogen (secondary N) is 1. The molecule has 0 saturated carbocycles. The summed E-state index contributed by atoms with van der Waals surface area (Å²) in [5, 5.41) is 3.17. The van der Waals surface area contributed by atoms with Gasteiger partial charge in [-0.25, -0.2) is 4.39 Å². The molecule has 0 aromatic heterocycles. The summed E-state index contributed by atoms with van der Waals surface area (Å²) in [6.07, 6.45) is 0. The molecule has 0 spiro atoms. The molecule has 78 valence electrons. The van der Waals surface area contributed by atoms with E-state index in [1.54, 1.807) is 0 Å². The van der Waals surface area contributed by atoms with Gasteiger partial charge < -0.3 is 10.2 Å². The van der Waals surface area contributed by atoms with E-state index < -0.39 is 0 Å². The fourth-order valence-corrected chi connectivity index (χ4v) is 1.71. The van der Waals surface area contributed by atoms with E-state index in [0.717, 1.165) is 22.3 Å². The summed E-state index contributed by atoms with van der Waals surface area (Å²) in [5.41, 5.74) is 0.844. The van der Waals surface area contributed by atoms with E-state index in [1.807, 2.05) is 20.2 Å². The molecule has 2 nitrogen and oxygen atoms in total. The first kappa shape index (κ1) is 11.7. The van der Waals surface area contributed by atoms with E-state index in [-0.39, 0.29) is 5.82 Å². The summed E-state index contributed by atoms with van der Waals surface area (Å²) >= 11 is 2.11. The SMILES string of the molecule is CN(C)CCNc1cc(F)cc(I)c1. The van der Waals surface area contributed by atoms with Gasteiger partial charge in [-0.2, -0.15) is 0 Å².